The fourth-order valence-corrected chi connectivity index (χ4v) is 4.02. The Balaban J connectivity index is 1.44. The molecule has 7 nitrogen and oxygen atoms in total. The highest BCUT2D eigenvalue weighted by Gasteiger charge is 2.24. The molecule has 0 spiro atoms. The molecular weight excluding hydrogens is 388 g/mol. The number of hydrogen-bond acceptors (Lipinski definition) is 5. The van der Waals surface area contributed by atoms with Crippen LogP contribution in [0.2, 0.25) is 0 Å². The van der Waals surface area contributed by atoms with E-state index in [0.717, 1.165) is 56.6 Å². The molecule has 160 valence electrons. The molecule has 7 heteroatoms. The number of fused-ring (bicyclic) bond motifs is 1. The van der Waals surface area contributed by atoms with E-state index in [9.17, 15) is 4.79 Å². The Morgan fingerprint density at radius 3 is 2.55 bits per heavy atom. The Bertz CT molecular complexity index is 1050. The number of carbonyl (C=O) groups excluding carboxylic acids is 1. The van der Waals surface area contributed by atoms with E-state index < -0.39 is 0 Å². The van der Waals surface area contributed by atoms with E-state index in [-0.39, 0.29) is 6.03 Å². The molecule has 1 amide bonds. The number of nitrogens with zero attached hydrogens (tertiary/aromatic N) is 5. The number of nitriles is 1. The molecule has 0 atom stereocenters. The minimum Gasteiger partial charge on any atom is -0.339 e. The Kier molecular flexibility index (Phi) is 6.80. The number of nitrogens with one attached hydrogen (secondary N) is 1. The smallest absolute Gasteiger partial charge is 0.328 e. The van der Waals surface area contributed by atoms with Crippen molar-refractivity contribution in [1.82, 2.24) is 19.8 Å². The molecule has 0 saturated carbocycles. The van der Waals surface area contributed by atoms with Crippen LogP contribution in [-0.4, -0.2) is 59.8 Å². The largest absolute Gasteiger partial charge is 0.339 e. The number of aryl methyl sites for hydroxylation is 1. The van der Waals surface area contributed by atoms with Crippen LogP contribution in [0.1, 0.15) is 18.4 Å². The van der Waals surface area contributed by atoms with E-state index in [1.165, 1.54) is 5.56 Å². The van der Waals surface area contributed by atoms with Crippen molar-refractivity contribution in [2.45, 2.75) is 19.3 Å². The lowest BCUT2D eigenvalue weighted by Crippen LogP contribution is -2.48. The minimum atomic E-state index is -0.135. The molecule has 4 rings (SSSR count). The first-order valence-electron chi connectivity index (χ1n) is 10.9. The SMILES string of the molecule is N#CCCN1CCN(c2nc3ccccc3n2C(=O)NCCCc2ccccc2)CC1. The van der Waals surface area contributed by atoms with Crippen molar-refractivity contribution in [3.8, 4) is 6.07 Å². The van der Waals surface area contributed by atoms with Gasteiger partial charge in [0.2, 0.25) is 5.95 Å². The molecule has 1 aliphatic rings. The van der Waals surface area contributed by atoms with Crippen LogP contribution in [0.5, 0.6) is 0 Å². The first kappa shape index (κ1) is 20.9. The number of carbonyl (C=O) groups is 1. The summed E-state index contributed by atoms with van der Waals surface area (Å²) in [5, 5.41) is 11.9. The number of rotatable bonds is 7. The highest BCUT2D eigenvalue weighted by atomic mass is 16.2. The topological polar surface area (TPSA) is 77.2 Å². The predicted molar refractivity (Wildman–Crippen MR) is 122 cm³/mol. The average Bonchev–Trinajstić information content (AvgIpc) is 3.21. The van der Waals surface area contributed by atoms with Gasteiger partial charge < -0.3 is 10.2 Å². The summed E-state index contributed by atoms with van der Waals surface area (Å²) in [5.74, 6) is 0.696. The normalized spacial score (nSPS) is 14.5. The summed E-state index contributed by atoms with van der Waals surface area (Å²) in [6, 6.07) is 20.2. The lowest BCUT2D eigenvalue weighted by molar-refractivity contribution is 0.241. The van der Waals surface area contributed by atoms with Crippen LogP contribution in [0.25, 0.3) is 11.0 Å². The van der Waals surface area contributed by atoms with E-state index in [0.29, 0.717) is 18.9 Å². The second-order valence-electron chi connectivity index (χ2n) is 7.79. The maximum Gasteiger partial charge on any atom is 0.328 e. The van der Waals surface area contributed by atoms with Gasteiger partial charge >= 0.3 is 6.03 Å². The maximum absolute atomic E-state index is 13.1. The van der Waals surface area contributed by atoms with Gasteiger partial charge in [-0.3, -0.25) is 4.90 Å². The van der Waals surface area contributed by atoms with E-state index >= 15 is 0 Å². The average molecular weight is 417 g/mol. The maximum atomic E-state index is 13.1. The summed E-state index contributed by atoms with van der Waals surface area (Å²) in [6.07, 6.45) is 2.36. The van der Waals surface area contributed by atoms with Gasteiger partial charge in [-0.25, -0.2) is 14.3 Å². The second-order valence-corrected chi connectivity index (χ2v) is 7.79. The summed E-state index contributed by atoms with van der Waals surface area (Å²) >= 11 is 0. The molecule has 0 aliphatic carbocycles. The quantitative estimate of drug-likeness (QED) is 0.598. The third kappa shape index (κ3) is 5.04. The zero-order chi connectivity index (χ0) is 21.5. The first-order valence-corrected chi connectivity index (χ1v) is 10.9. The number of amides is 1. The first-order chi connectivity index (χ1) is 15.3. The lowest BCUT2D eigenvalue weighted by Gasteiger charge is -2.34. The molecule has 1 aromatic heterocycles. The number of imidazole rings is 1. The van der Waals surface area contributed by atoms with E-state index in [1.807, 2.05) is 42.5 Å². The number of anilines is 1. The van der Waals surface area contributed by atoms with Crippen LogP contribution in [0.3, 0.4) is 0 Å². The van der Waals surface area contributed by atoms with Crippen LogP contribution in [-0.2, 0) is 6.42 Å². The molecular formula is C24H28N6O. The third-order valence-electron chi connectivity index (χ3n) is 5.70. The summed E-state index contributed by atoms with van der Waals surface area (Å²) in [6.45, 7) is 4.71. The Labute approximate surface area is 182 Å². The lowest BCUT2D eigenvalue weighted by atomic mass is 10.1. The van der Waals surface area contributed by atoms with Crippen LogP contribution in [0.4, 0.5) is 10.7 Å². The predicted octanol–water partition coefficient (Wildman–Crippen LogP) is 3.26. The second kappa shape index (κ2) is 10.1. The number of hydrogen-bond donors (Lipinski definition) is 1. The van der Waals surface area contributed by atoms with Crippen molar-refractivity contribution in [1.29, 1.82) is 5.26 Å². The summed E-state index contributed by atoms with van der Waals surface area (Å²) in [5.41, 5.74) is 2.92. The fourth-order valence-electron chi connectivity index (χ4n) is 4.02. The third-order valence-corrected chi connectivity index (χ3v) is 5.70. The van der Waals surface area contributed by atoms with Crippen molar-refractivity contribution in [3.63, 3.8) is 0 Å². The summed E-state index contributed by atoms with van der Waals surface area (Å²) in [7, 11) is 0. The molecule has 0 bridgehead atoms. The minimum absolute atomic E-state index is 0.135. The van der Waals surface area contributed by atoms with Crippen LogP contribution in [0, 0.1) is 11.3 Å². The highest BCUT2D eigenvalue weighted by molar-refractivity contribution is 5.93. The standard InChI is InChI=1S/C24H28N6O/c25-13-7-15-28-16-18-29(19-17-28)23-27-21-11-4-5-12-22(21)30(23)24(31)26-14-6-10-20-8-2-1-3-9-20/h1-5,8-9,11-12H,6-7,10,14-19H2,(H,26,31). The molecule has 0 radical (unpaired) electrons. The number of para-hydroxylation sites is 2. The molecule has 1 N–H and O–H groups in total. The monoisotopic (exact) mass is 416 g/mol. The van der Waals surface area contributed by atoms with Gasteiger partial charge in [0.15, 0.2) is 0 Å². The van der Waals surface area contributed by atoms with Crippen molar-refractivity contribution in [2.24, 2.45) is 0 Å². The number of piperazine rings is 1. The Morgan fingerprint density at radius 2 is 1.77 bits per heavy atom. The van der Waals surface area contributed by atoms with Gasteiger partial charge in [0.25, 0.3) is 0 Å². The van der Waals surface area contributed by atoms with Crippen molar-refractivity contribution >= 4 is 23.0 Å². The van der Waals surface area contributed by atoms with Crippen LogP contribution < -0.4 is 10.2 Å². The van der Waals surface area contributed by atoms with Gasteiger partial charge in [0.05, 0.1) is 17.1 Å². The van der Waals surface area contributed by atoms with E-state index in [4.69, 9.17) is 10.2 Å². The van der Waals surface area contributed by atoms with Gasteiger partial charge in [-0.2, -0.15) is 5.26 Å². The zero-order valence-electron chi connectivity index (χ0n) is 17.7. The summed E-state index contributed by atoms with van der Waals surface area (Å²) < 4.78 is 1.71. The molecule has 31 heavy (non-hydrogen) atoms. The van der Waals surface area contributed by atoms with Crippen molar-refractivity contribution < 1.29 is 4.79 Å². The Hall–Kier alpha value is -3.37. The van der Waals surface area contributed by atoms with Gasteiger partial charge in [-0.15, -0.1) is 0 Å². The molecule has 3 aromatic rings. The summed E-state index contributed by atoms with van der Waals surface area (Å²) in [4.78, 5) is 22.4. The molecule has 1 aliphatic heterocycles. The fraction of sp³-hybridized carbons (Fsp3) is 0.375. The molecule has 0 unspecified atom stereocenters. The number of benzene rings is 2. The molecule has 2 aromatic carbocycles. The van der Waals surface area contributed by atoms with Gasteiger partial charge in [-0.1, -0.05) is 42.5 Å². The van der Waals surface area contributed by atoms with Crippen LogP contribution >= 0.6 is 0 Å². The van der Waals surface area contributed by atoms with Crippen molar-refractivity contribution in [2.75, 3.05) is 44.2 Å². The van der Waals surface area contributed by atoms with E-state index in [1.54, 1.807) is 4.57 Å². The van der Waals surface area contributed by atoms with Crippen LogP contribution in [0.15, 0.2) is 54.6 Å². The van der Waals surface area contributed by atoms with Gasteiger partial charge in [-0.05, 0) is 30.5 Å². The highest BCUT2D eigenvalue weighted by Crippen LogP contribution is 2.23. The zero-order valence-corrected chi connectivity index (χ0v) is 17.7. The van der Waals surface area contributed by atoms with Gasteiger partial charge in [0, 0.05) is 45.7 Å². The van der Waals surface area contributed by atoms with Gasteiger partial charge in [0.1, 0.15) is 0 Å². The molecule has 2 heterocycles. The molecule has 1 saturated heterocycles. The molecule has 1 fully saturated rings. The number of aromatic nitrogens is 2. The van der Waals surface area contributed by atoms with E-state index in [2.05, 4.69) is 33.3 Å². The van der Waals surface area contributed by atoms with Crippen molar-refractivity contribution in [3.05, 3.63) is 60.2 Å². The Morgan fingerprint density at radius 1 is 1.03 bits per heavy atom.